The predicted molar refractivity (Wildman–Crippen MR) is 108 cm³/mol. The molecule has 0 rings (SSSR count). The van der Waals surface area contributed by atoms with E-state index in [1.807, 2.05) is 13.8 Å². The first-order valence-corrected chi connectivity index (χ1v) is 9.59. The van der Waals surface area contributed by atoms with Crippen LogP contribution in [0.4, 0.5) is 0 Å². The van der Waals surface area contributed by atoms with Crippen LogP contribution in [0.2, 0.25) is 0 Å². The first-order valence-electron chi connectivity index (χ1n) is 9.59. The number of hydrogen-bond donors (Lipinski definition) is 0. The largest absolute Gasteiger partial charge is 0.456 e. The van der Waals surface area contributed by atoms with E-state index in [1.54, 1.807) is 6.92 Å². The maximum atomic E-state index is 11.7. The van der Waals surface area contributed by atoms with Crippen LogP contribution in [0, 0.1) is 5.41 Å². The molecule has 0 heterocycles. The molecule has 0 fully saturated rings. The topological polar surface area (TPSA) is 44.8 Å². The van der Waals surface area contributed by atoms with Crippen molar-refractivity contribution in [1.29, 1.82) is 0 Å². The van der Waals surface area contributed by atoms with Gasteiger partial charge in [0.2, 0.25) is 0 Å². The Labute approximate surface area is 161 Å². The number of esters is 1. The molecule has 0 aromatic carbocycles. The molecule has 0 aromatic heterocycles. The number of ether oxygens (including phenoxy) is 3. The average molecular weight is 371 g/mol. The molecule has 0 saturated heterocycles. The van der Waals surface area contributed by atoms with Gasteiger partial charge in [0.25, 0.3) is 0 Å². The van der Waals surface area contributed by atoms with Gasteiger partial charge in [0.05, 0.1) is 23.9 Å². The minimum absolute atomic E-state index is 0.0732. The molecular formula is C22H42O4. The molecule has 0 N–H and O–H groups in total. The third-order valence-electron chi connectivity index (χ3n) is 4.87. The first kappa shape index (κ1) is 25.1. The zero-order valence-electron chi connectivity index (χ0n) is 19.0. The van der Waals surface area contributed by atoms with Gasteiger partial charge in [-0.15, -0.1) is 0 Å². The molecule has 1 unspecified atom stereocenters. The maximum absolute atomic E-state index is 11.7. The van der Waals surface area contributed by atoms with Crippen molar-refractivity contribution in [2.75, 3.05) is 6.61 Å². The molecule has 0 spiro atoms. The summed E-state index contributed by atoms with van der Waals surface area (Å²) in [7, 11) is 0. The Morgan fingerprint density at radius 1 is 1.00 bits per heavy atom. The van der Waals surface area contributed by atoms with Gasteiger partial charge in [-0.2, -0.15) is 0 Å². The molecule has 26 heavy (non-hydrogen) atoms. The Balaban J connectivity index is 4.71. The molecule has 0 amide bonds. The van der Waals surface area contributed by atoms with Gasteiger partial charge in [0, 0.05) is 12.0 Å². The third-order valence-corrected chi connectivity index (χ3v) is 4.87. The van der Waals surface area contributed by atoms with Crippen LogP contribution in [0.15, 0.2) is 12.2 Å². The smallest absolute Gasteiger partial charge is 0.333 e. The summed E-state index contributed by atoms with van der Waals surface area (Å²) in [5, 5.41) is 0. The van der Waals surface area contributed by atoms with Crippen LogP contribution in [0.5, 0.6) is 0 Å². The van der Waals surface area contributed by atoms with Crippen LogP contribution >= 0.6 is 0 Å². The molecule has 0 aliphatic rings. The molecule has 4 nitrogen and oxygen atoms in total. The molecule has 1 atom stereocenters. The van der Waals surface area contributed by atoms with Crippen molar-refractivity contribution < 1.29 is 19.0 Å². The molecule has 0 bridgehead atoms. The molecular weight excluding hydrogens is 328 g/mol. The highest BCUT2D eigenvalue weighted by molar-refractivity contribution is 5.87. The van der Waals surface area contributed by atoms with E-state index in [0.29, 0.717) is 18.6 Å². The standard InChI is InChI=1S/C22H42O4/c1-16(2)18(23)26-21(9,10)13-14-24-22(11,12)20(7,8)15-17(3)25-19(4,5)6/h17H,1,13-15H2,2-12H3. The number of carbonyl (C=O) groups excluding carboxylic acids is 1. The summed E-state index contributed by atoms with van der Waals surface area (Å²) in [5.41, 5.74) is -0.739. The Morgan fingerprint density at radius 2 is 1.50 bits per heavy atom. The van der Waals surface area contributed by atoms with Crippen molar-refractivity contribution in [3.8, 4) is 0 Å². The maximum Gasteiger partial charge on any atom is 0.333 e. The highest BCUT2D eigenvalue weighted by Crippen LogP contribution is 2.39. The SMILES string of the molecule is C=C(C)C(=O)OC(C)(C)CCOC(C)(C)C(C)(C)CC(C)OC(C)(C)C. The summed E-state index contributed by atoms with van der Waals surface area (Å²) in [5.74, 6) is -0.359. The molecule has 0 radical (unpaired) electrons. The Morgan fingerprint density at radius 3 is 1.92 bits per heavy atom. The lowest BCUT2D eigenvalue weighted by atomic mass is 9.73. The quantitative estimate of drug-likeness (QED) is 0.366. The van der Waals surface area contributed by atoms with Crippen molar-refractivity contribution in [3.63, 3.8) is 0 Å². The van der Waals surface area contributed by atoms with Gasteiger partial charge in [0.1, 0.15) is 5.60 Å². The zero-order valence-corrected chi connectivity index (χ0v) is 19.0. The number of carbonyl (C=O) groups is 1. The van der Waals surface area contributed by atoms with Gasteiger partial charge >= 0.3 is 5.97 Å². The normalized spacial score (nSPS) is 14.9. The van der Waals surface area contributed by atoms with E-state index < -0.39 is 5.60 Å². The summed E-state index contributed by atoms with van der Waals surface area (Å²) < 4.78 is 17.8. The fraction of sp³-hybridized carbons (Fsp3) is 0.864. The summed E-state index contributed by atoms with van der Waals surface area (Å²) in [4.78, 5) is 11.7. The van der Waals surface area contributed by atoms with Gasteiger partial charge in [0.15, 0.2) is 0 Å². The summed E-state index contributed by atoms with van der Waals surface area (Å²) in [6.45, 7) is 26.6. The Hall–Kier alpha value is -0.870. The van der Waals surface area contributed by atoms with Crippen LogP contribution in [-0.4, -0.2) is 35.5 Å². The van der Waals surface area contributed by atoms with Gasteiger partial charge in [-0.1, -0.05) is 20.4 Å². The highest BCUT2D eigenvalue weighted by atomic mass is 16.6. The van der Waals surface area contributed by atoms with Crippen LogP contribution in [0.3, 0.4) is 0 Å². The van der Waals surface area contributed by atoms with E-state index in [0.717, 1.165) is 6.42 Å². The molecule has 0 aliphatic carbocycles. The van der Waals surface area contributed by atoms with Crippen molar-refractivity contribution in [2.45, 2.75) is 112 Å². The lowest BCUT2D eigenvalue weighted by molar-refractivity contribution is -0.159. The van der Waals surface area contributed by atoms with Gasteiger partial charge in [-0.05, 0) is 74.1 Å². The van der Waals surface area contributed by atoms with Crippen LogP contribution in [-0.2, 0) is 19.0 Å². The lowest BCUT2D eigenvalue weighted by Crippen LogP contribution is -2.45. The van der Waals surface area contributed by atoms with E-state index in [2.05, 4.69) is 62.0 Å². The molecule has 0 aromatic rings. The Kier molecular flexibility index (Phi) is 8.58. The minimum Gasteiger partial charge on any atom is -0.456 e. The molecule has 154 valence electrons. The summed E-state index contributed by atoms with van der Waals surface area (Å²) in [6, 6.07) is 0. The molecule has 0 aliphatic heterocycles. The average Bonchev–Trinajstić information content (AvgIpc) is 2.33. The molecule has 0 saturated carbocycles. The zero-order chi connectivity index (χ0) is 21.0. The summed E-state index contributed by atoms with van der Waals surface area (Å²) in [6.07, 6.45) is 1.66. The van der Waals surface area contributed by atoms with Gasteiger partial charge in [-0.3, -0.25) is 0 Å². The summed E-state index contributed by atoms with van der Waals surface area (Å²) >= 11 is 0. The highest BCUT2D eigenvalue weighted by Gasteiger charge is 2.40. The second kappa shape index (κ2) is 8.88. The monoisotopic (exact) mass is 370 g/mol. The van der Waals surface area contributed by atoms with Crippen LogP contribution in [0.25, 0.3) is 0 Å². The first-order chi connectivity index (χ1) is 11.4. The van der Waals surface area contributed by atoms with Gasteiger partial charge in [-0.25, -0.2) is 4.79 Å². The minimum atomic E-state index is -0.584. The van der Waals surface area contributed by atoms with E-state index in [1.165, 1.54) is 0 Å². The van der Waals surface area contributed by atoms with E-state index in [9.17, 15) is 4.79 Å². The predicted octanol–water partition coefficient (Wildman–Crippen LogP) is 5.69. The Bertz CT molecular complexity index is 481. The lowest BCUT2D eigenvalue weighted by Gasteiger charge is -2.44. The fourth-order valence-corrected chi connectivity index (χ4v) is 2.75. The van der Waals surface area contributed by atoms with Gasteiger partial charge < -0.3 is 14.2 Å². The van der Waals surface area contributed by atoms with Crippen LogP contribution < -0.4 is 0 Å². The second-order valence-corrected chi connectivity index (χ2v) is 10.2. The fourth-order valence-electron chi connectivity index (χ4n) is 2.75. The number of rotatable bonds is 10. The number of hydrogen-bond acceptors (Lipinski definition) is 4. The van der Waals surface area contributed by atoms with Crippen molar-refractivity contribution in [3.05, 3.63) is 12.2 Å². The third kappa shape index (κ3) is 9.18. The van der Waals surface area contributed by atoms with E-state index >= 15 is 0 Å². The van der Waals surface area contributed by atoms with Crippen molar-refractivity contribution >= 4 is 5.97 Å². The van der Waals surface area contributed by atoms with Crippen LogP contribution in [0.1, 0.15) is 89.0 Å². The van der Waals surface area contributed by atoms with Crippen molar-refractivity contribution in [2.24, 2.45) is 5.41 Å². The van der Waals surface area contributed by atoms with E-state index in [4.69, 9.17) is 14.2 Å². The van der Waals surface area contributed by atoms with E-state index in [-0.39, 0.29) is 28.7 Å². The second-order valence-electron chi connectivity index (χ2n) is 10.2. The molecule has 4 heteroatoms. The van der Waals surface area contributed by atoms with Crippen molar-refractivity contribution in [1.82, 2.24) is 0 Å².